The standard InChI is InChI=1S/C22H30N4.HI/c1-18-6-5-7-21(14-18)16-25-22(23-2)24-15-19-8-10-20(11-9-19)17-26-12-3-4-13-26;/h5-11,14H,3-4,12-13,15-17H2,1-2H3,(H2,23,24,25);1H. The second-order valence-corrected chi connectivity index (χ2v) is 7.07. The Labute approximate surface area is 180 Å². The van der Waals surface area contributed by atoms with Crippen molar-refractivity contribution in [1.29, 1.82) is 0 Å². The van der Waals surface area contributed by atoms with Crippen molar-refractivity contribution >= 4 is 29.9 Å². The lowest BCUT2D eigenvalue weighted by Gasteiger charge is -2.15. The fourth-order valence-electron chi connectivity index (χ4n) is 3.38. The van der Waals surface area contributed by atoms with Crippen molar-refractivity contribution in [3.05, 3.63) is 70.8 Å². The van der Waals surface area contributed by atoms with E-state index in [1.807, 2.05) is 7.05 Å². The van der Waals surface area contributed by atoms with E-state index in [4.69, 9.17) is 0 Å². The first-order valence-corrected chi connectivity index (χ1v) is 9.53. The average molecular weight is 478 g/mol. The second kappa shape index (κ2) is 11.3. The fourth-order valence-corrected chi connectivity index (χ4v) is 3.38. The smallest absolute Gasteiger partial charge is 0.191 e. The number of aliphatic imine (C=N–C) groups is 1. The van der Waals surface area contributed by atoms with Gasteiger partial charge in [-0.2, -0.15) is 0 Å². The Bertz CT molecular complexity index is 721. The van der Waals surface area contributed by atoms with E-state index in [2.05, 4.69) is 76.0 Å². The van der Waals surface area contributed by atoms with Crippen molar-refractivity contribution < 1.29 is 0 Å². The number of guanidine groups is 1. The Morgan fingerprint density at radius 3 is 2.19 bits per heavy atom. The van der Waals surface area contributed by atoms with E-state index >= 15 is 0 Å². The molecule has 27 heavy (non-hydrogen) atoms. The lowest BCUT2D eigenvalue weighted by Crippen LogP contribution is -2.36. The molecular weight excluding hydrogens is 447 g/mol. The molecule has 0 aromatic heterocycles. The lowest BCUT2D eigenvalue weighted by atomic mass is 10.1. The summed E-state index contributed by atoms with van der Waals surface area (Å²) in [5.41, 5.74) is 5.21. The maximum atomic E-state index is 4.31. The molecule has 2 aromatic rings. The molecule has 0 atom stereocenters. The van der Waals surface area contributed by atoms with Crippen molar-refractivity contribution in [2.24, 2.45) is 4.99 Å². The molecule has 1 aliphatic rings. The normalized spacial score (nSPS) is 14.7. The van der Waals surface area contributed by atoms with Gasteiger partial charge in [0.25, 0.3) is 0 Å². The summed E-state index contributed by atoms with van der Waals surface area (Å²) in [4.78, 5) is 6.85. The molecular formula is C22H31IN4. The highest BCUT2D eigenvalue weighted by Gasteiger charge is 2.11. The van der Waals surface area contributed by atoms with E-state index < -0.39 is 0 Å². The van der Waals surface area contributed by atoms with Gasteiger partial charge in [0.1, 0.15) is 0 Å². The van der Waals surface area contributed by atoms with Crippen molar-refractivity contribution in [1.82, 2.24) is 15.5 Å². The molecule has 5 heteroatoms. The molecule has 0 spiro atoms. The van der Waals surface area contributed by atoms with Crippen LogP contribution >= 0.6 is 24.0 Å². The van der Waals surface area contributed by atoms with Gasteiger partial charge in [-0.25, -0.2) is 0 Å². The Hall–Kier alpha value is -1.60. The second-order valence-electron chi connectivity index (χ2n) is 7.07. The molecule has 0 aliphatic carbocycles. The predicted octanol–water partition coefficient (Wildman–Crippen LogP) is 4.07. The van der Waals surface area contributed by atoms with Crippen LogP contribution in [0.5, 0.6) is 0 Å². The maximum Gasteiger partial charge on any atom is 0.191 e. The number of hydrogen-bond donors (Lipinski definition) is 2. The maximum absolute atomic E-state index is 4.31. The average Bonchev–Trinajstić information content (AvgIpc) is 3.16. The molecule has 0 bridgehead atoms. The van der Waals surface area contributed by atoms with E-state index in [1.165, 1.54) is 48.2 Å². The van der Waals surface area contributed by atoms with Gasteiger partial charge in [-0.1, -0.05) is 54.1 Å². The topological polar surface area (TPSA) is 39.7 Å². The molecule has 3 rings (SSSR count). The molecule has 0 saturated carbocycles. The van der Waals surface area contributed by atoms with Crippen molar-refractivity contribution in [2.45, 2.75) is 39.4 Å². The van der Waals surface area contributed by atoms with Gasteiger partial charge in [0.05, 0.1) is 0 Å². The van der Waals surface area contributed by atoms with Crippen molar-refractivity contribution in [3.8, 4) is 0 Å². The number of rotatable bonds is 6. The first-order chi connectivity index (χ1) is 12.7. The Kier molecular flexibility index (Phi) is 9.07. The molecule has 1 fully saturated rings. The Balaban J connectivity index is 0.00000261. The number of nitrogens with zero attached hydrogens (tertiary/aromatic N) is 2. The molecule has 1 saturated heterocycles. The van der Waals surface area contributed by atoms with Crippen LogP contribution in [0.2, 0.25) is 0 Å². The molecule has 1 aliphatic heterocycles. The third-order valence-electron chi connectivity index (χ3n) is 4.85. The van der Waals surface area contributed by atoms with Gasteiger partial charge >= 0.3 is 0 Å². The van der Waals surface area contributed by atoms with Gasteiger partial charge < -0.3 is 10.6 Å². The monoisotopic (exact) mass is 478 g/mol. The molecule has 2 N–H and O–H groups in total. The highest BCUT2D eigenvalue weighted by Crippen LogP contribution is 2.13. The SMILES string of the molecule is CN=C(NCc1ccc(CN2CCCC2)cc1)NCc1cccc(C)c1.I. The van der Waals surface area contributed by atoms with Crippen LogP contribution < -0.4 is 10.6 Å². The molecule has 0 unspecified atom stereocenters. The number of nitrogens with one attached hydrogen (secondary N) is 2. The molecule has 4 nitrogen and oxygen atoms in total. The first-order valence-electron chi connectivity index (χ1n) is 9.53. The zero-order chi connectivity index (χ0) is 18.2. The van der Waals surface area contributed by atoms with Crippen molar-refractivity contribution in [3.63, 3.8) is 0 Å². The van der Waals surface area contributed by atoms with Crippen LogP contribution in [0.1, 0.15) is 35.1 Å². The first kappa shape index (κ1) is 21.7. The summed E-state index contributed by atoms with van der Waals surface area (Å²) >= 11 is 0. The molecule has 0 amide bonds. The van der Waals surface area contributed by atoms with Crippen LogP contribution in [0.4, 0.5) is 0 Å². The van der Waals surface area contributed by atoms with E-state index in [1.54, 1.807) is 0 Å². The molecule has 146 valence electrons. The van der Waals surface area contributed by atoms with Gasteiger partial charge in [-0.3, -0.25) is 9.89 Å². The minimum atomic E-state index is 0. The minimum absolute atomic E-state index is 0. The lowest BCUT2D eigenvalue weighted by molar-refractivity contribution is 0.331. The molecule has 0 radical (unpaired) electrons. The summed E-state index contributed by atoms with van der Waals surface area (Å²) in [5, 5.41) is 6.77. The Morgan fingerprint density at radius 2 is 1.56 bits per heavy atom. The third kappa shape index (κ3) is 7.14. The summed E-state index contributed by atoms with van der Waals surface area (Å²) in [7, 11) is 1.81. The number of aryl methyl sites for hydroxylation is 1. The van der Waals surface area contributed by atoms with Crippen LogP contribution in [0.3, 0.4) is 0 Å². The number of halogens is 1. The zero-order valence-electron chi connectivity index (χ0n) is 16.4. The summed E-state index contributed by atoms with van der Waals surface area (Å²) in [6.07, 6.45) is 2.69. The molecule has 2 aromatic carbocycles. The van der Waals surface area contributed by atoms with Crippen LogP contribution in [0.25, 0.3) is 0 Å². The fraction of sp³-hybridized carbons (Fsp3) is 0.409. The largest absolute Gasteiger partial charge is 0.352 e. The van der Waals surface area contributed by atoms with E-state index in [-0.39, 0.29) is 24.0 Å². The van der Waals surface area contributed by atoms with Gasteiger partial charge in [0, 0.05) is 26.7 Å². The van der Waals surface area contributed by atoms with Gasteiger partial charge in [-0.15, -0.1) is 24.0 Å². The number of likely N-dealkylation sites (tertiary alicyclic amines) is 1. The zero-order valence-corrected chi connectivity index (χ0v) is 18.7. The molecule has 1 heterocycles. The van der Waals surface area contributed by atoms with E-state index in [0.717, 1.165) is 25.6 Å². The number of hydrogen-bond acceptors (Lipinski definition) is 2. The minimum Gasteiger partial charge on any atom is -0.352 e. The van der Waals surface area contributed by atoms with Gasteiger partial charge in [0.15, 0.2) is 5.96 Å². The van der Waals surface area contributed by atoms with Gasteiger partial charge in [0.2, 0.25) is 0 Å². The van der Waals surface area contributed by atoms with Crippen LogP contribution in [-0.4, -0.2) is 31.0 Å². The van der Waals surface area contributed by atoms with Gasteiger partial charge in [-0.05, 0) is 49.5 Å². The van der Waals surface area contributed by atoms with Crippen LogP contribution in [0, 0.1) is 6.92 Å². The quantitative estimate of drug-likeness (QED) is 0.374. The summed E-state index contributed by atoms with van der Waals surface area (Å²) in [6, 6.07) is 17.5. The number of benzene rings is 2. The van der Waals surface area contributed by atoms with E-state index in [0.29, 0.717) is 0 Å². The summed E-state index contributed by atoms with van der Waals surface area (Å²) in [5.74, 6) is 0.827. The third-order valence-corrected chi connectivity index (χ3v) is 4.85. The van der Waals surface area contributed by atoms with Crippen LogP contribution in [-0.2, 0) is 19.6 Å². The van der Waals surface area contributed by atoms with Crippen LogP contribution in [0.15, 0.2) is 53.5 Å². The Morgan fingerprint density at radius 1 is 0.926 bits per heavy atom. The van der Waals surface area contributed by atoms with E-state index in [9.17, 15) is 0 Å². The summed E-state index contributed by atoms with van der Waals surface area (Å²) in [6.45, 7) is 7.23. The predicted molar refractivity (Wildman–Crippen MR) is 125 cm³/mol. The summed E-state index contributed by atoms with van der Waals surface area (Å²) < 4.78 is 0. The highest BCUT2D eigenvalue weighted by atomic mass is 127. The highest BCUT2D eigenvalue weighted by molar-refractivity contribution is 14.0. The van der Waals surface area contributed by atoms with Crippen molar-refractivity contribution in [2.75, 3.05) is 20.1 Å².